The van der Waals surface area contributed by atoms with Crippen LogP contribution in [0.5, 0.6) is 0 Å². The fourth-order valence-corrected chi connectivity index (χ4v) is 4.62. The Kier molecular flexibility index (Phi) is 5.11. The molecule has 2 N–H and O–H groups in total. The molecule has 2 aliphatic rings. The van der Waals surface area contributed by atoms with Crippen molar-refractivity contribution in [1.82, 2.24) is 4.90 Å². The molecule has 6 heteroatoms. The Hall–Kier alpha value is -2.59. The zero-order chi connectivity index (χ0) is 19.8. The van der Waals surface area contributed by atoms with Gasteiger partial charge in [0, 0.05) is 35.4 Å². The second-order valence-corrected chi connectivity index (χ2v) is 8.19. The summed E-state index contributed by atoms with van der Waals surface area (Å²) in [5, 5.41) is 29.8. The van der Waals surface area contributed by atoms with Crippen LogP contribution >= 0.6 is 15.9 Å². The predicted octanol–water partition coefficient (Wildman–Crippen LogP) is 3.58. The molecule has 27 heavy (non-hydrogen) atoms. The molecule has 1 aliphatic heterocycles. The van der Waals surface area contributed by atoms with Crippen molar-refractivity contribution in [3.05, 3.63) is 57.2 Å². The van der Waals surface area contributed by atoms with Crippen LogP contribution < -0.4 is 5.73 Å². The summed E-state index contributed by atoms with van der Waals surface area (Å²) in [6.45, 7) is 5.63. The van der Waals surface area contributed by atoms with E-state index >= 15 is 0 Å². The van der Waals surface area contributed by atoms with Gasteiger partial charge in [-0.05, 0) is 37.1 Å². The Morgan fingerprint density at radius 2 is 1.96 bits per heavy atom. The number of rotatable bonds is 2. The van der Waals surface area contributed by atoms with Gasteiger partial charge in [0.15, 0.2) is 5.41 Å². The number of nitrogens with zero attached hydrogens (tertiary/aromatic N) is 4. The highest BCUT2D eigenvalue weighted by Crippen LogP contribution is 2.54. The van der Waals surface area contributed by atoms with Crippen LogP contribution in [0.15, 0.2) is 51.7 Å². The fraction of sp³-hybridized carbons (Fsp3) is 0.381. The number of nitriles is 3. The second-order valence-electron chi connectivity index (χ2n) is 7.28. The second kappa shape index (κ2) is 7.20. The number of hydrogen-bond acceptors (Lipinski definition) is 5. The predicted molar refractivity (Wildman–Crippen MR) is 106 cm³/mol. The molecule has 0 saturated carbocycles. The first-order chi connectivity index (χ1) is 12.9. The smallest absolute Gasteiger partial charge is 0.191 e. The summed E-state index contributed by atoms with van der Waals surface area (Å²) in [6.07, 6.45) is 2.03. The lowest BCUT2D eigenvalue weighted by atomic mass is 9.58. The topological polar surface area (TPSA) is 101 Å². The van der Waals surface area contributed by atoms with Gasteiger partial charge >= 0.3 is 0 Å². The number of nitrogens with two attached hydrogens (primary N) is 1. The van der Waals surface area contributed by atoms with Crippen molar-refractivity contribution in [2.24, 2.45) is 17.1 Å². The first kappa shape index (κ1) is 19.2. The van der Waals surface area contributed by atoms with Crippen LogP contribution in [0.2, 0.25) is 0 Å². The maximum absolute atomic E-state index is 10.1. The van der Waals surface area contributed by atoms with Gasteiger partial charge in [-0.25, -0.2) is 0 Å². The quantitative estimate of drug-likeness (QED) is 0.785. The van der Waals surface area contributed by atoms with Gasteiger partial charge in [-0.3, -0.25) is 4.90 Å². The van der Waals surface area contributed by atoms with Gasteiger partial charge < -0.3 is 5.73 Å². The molecule has 0 bridgehead atoms. The highest BCUT2D eigenvalue weighted by Gasteiger charge is 2.54. The van der Waals surface area contributed by atoms with Gasteiger partial charge in [0.2, 0.25) is 0 Å². The molecular formula is C21H20BrN5. The molecule has 0 aromatic heterocycles. The Balaban J connectivity index is 2.31. The van der Waals surface area contributed by atoms with E-state index in [1.54, 1.807) is 0 Å². The number of fused-ring (bicyclic) bond motifs is 1. The van der Waals surface area contributed by atoms with E-state index in [9.17, 15) is 15.8 Å². The molecule has 0 unspecified atom stereocenters. The number of halogens is 1. The van der Waals surface area contributed by atoms with Crippen molar-refractivity contribution in [2.45, 2.75) is 25.8 Å². The molecule has 0 radical (unpaired) electrons. The van der Waals surface area contributed by atoms with Crippen LogP contribution in [0.1, 0.15) is 25.3 Å². The van der Waals surface area contributed by atoms with Gasteiger partial charge in [0.05, 0.1) is 23.4 Å². The minimum atomic E-state index is -1.58. The summed E-state index contributed by atoms with van der Waals surface area (Å²) >= 11 is 3.49. The zero-order valence-corrected chi connectivity index (χ0v) is 16.9. The third kappa shape index (κ3) is 2.94. The molecule has 0 spiro atoms. The molecule has 5 nitrogen and oxygen atoms in total. The summed E-state index contributed by atoms with van der Waals surface area (Å²) in [4.78, 5) is 2.29. The number of allylic oxidation sites excluding steroid dienone is 2. The third-order valence-electron chi connectivity index (χ3n) is 5.63. The fourth-order valence-electron chi connectivity index (χ4n) is 4.20. The molecule has 0 saturated heterocycles. The number of benzene rings is 1. The highest BCUT2D eigenvalue weighted by molar-refractivity contribution is 9.10. The molecule has 3 rings (SSSR count). The van der Waals surface area contributed by atoms with Crippen molar-refractivity contribution in [2.75, 3.05) is 13.1 Å². The number of hydrogen-bond donors (Lipinski definition) is 1. The van der Waals surface area contributed by atoms with E-state index in [1.807, 2.05) is 30.3 Å². The van der Waals surface area contributed by atoms with Crippen LogP contribution in [0, 0.1) is 45.3 Å². The standard InChI is InChI=1S/C21H20BrN5/c1-13(2)27-7-6-16-17(9-23)20(26)21(11-24,12-25)19(18(16)10-27)14-4-3-5-15(22)8-14/h3-6,8,13,18-19H,7,10,26H2,1-2H3/t18-,19+/m0/s1. The normalized spacial score (nSPS) is 24.4. The molecule has 1 heterocycles. The summed E-state index contributed by atoms with van der Waals surface area (Å²) in [5.41, 5.74) is 6.82. The monoisotopic (exact) mass is 421 g/mol. The van der Waals surface area contributed by atoms with E-state index in [2.05, 4.69) is 52.9 Å². The van der Waals surface area contributed by atoms with Crippen molar-refractivity contribution >= 4 is 15.9 Å². The van der Waals surface area contributed by atoms with E-state index in [0.29, 0.717) is 12.6 Å². The first-order valence-electron chi connectivity index (χ1n) is 8.82. The first-order valence-corrected chi connectivity index (χ1v) is 9.61. The van der Waals surface area contributed by atoms with Gasteiger partial charge in [-0.1, -0.05) is 34.1 Å². The lowest BCUT2D eigenvalue weighted by Crippen LogP contribution is -2.49. The van der Waals surface area contributed by atoms with Gasteiger partial charge in [-0.2, -0.15) is 15.8 Å². The van der Waals surface area contributed by atoms with E-state index in [0.717, 1.165) is 22.2 Å². The molecule has 0 amide bonds. The Labute approximate surface area is 168 Å². The largest absolute Gasteiger partial charge is 0.399 e. The van der Waals surface area contributed by atoms with Crippen LogP contribution in [0.3, 0.4) is 0 Å². The maximum Gasteiger partial charge on any atom is 0.191 e. The van der Waals surface area contributed by atoms with Crippen molar-refractivity contribution in [3.8, 4) is 18.2 Å². The molecule has 1 aliphatic carbocycles. The van der Waals surface area contributed by atoms with Crippen molar-refractivity contribution < 1.29 is 0 Å². The van der Waals surface area contributed by atoms with E-state index < -0.39 is 11.3 Å². The van der Waals surface area contributed by atoms with Gasteiger partial charge in [-0.15, -0.1) is 0 Å². The maximum atomic E-state index is 10.1. The van der Waals surface area contributed by atoms with Crippen molar-refractivity contribution in [1.29, 1.82) is 15.8 Å². The minimum Gasteiger partial charge on any atom is -0.399 e. The average Bonchev–Trinajstić information content (AvgIpc) is 2.66. The molecule has 136 valence electrons. The van der Waals surface area contributed by atoms with Crippen LogP contribution in [0.4, 0.5) is 0 Å². The van der Waals surface area contributed by atoms with Crippen LogP contribution in [-0.4, -0.2) is 24.0 Å². The Morgan fingerprint density at radius 1 is 1.26 bits per heavy atom. The third-order valence-corrected chi connectivity index (χ3v) is 6.12. The molecule has 0 fully saturated rings. The lowest BCUT2D eigenvalue weighted by Gasteiger charge is -2.46. The average molecular weight is 422 g/mol. The molecule has 1 aromatic carbocycles. The SMILES string of the molecule is CC(C)N1CC=C2C(C#N)=C(N)C(C#N)(C#N)[C@H](c3cccc(Br)c3)[C@H]2C1. The van der Waals surface area contributed by atoms with E-state index in [-0.39, 0.29) is 17.2 Å². The van der Waals surface area contributed by atoms with Crippen LogP contribution in [-0.2, 0) is 0 Å². The zero-order valence-electron chi connectivity index (χ0n) is 15.3. The summed E-state index contributed by atoms with van der Waals surface area (Å²) in [5.74, 6) is -0.605. The Bertz CT molecular complexity index is 940. The molecule has 2 atom stereocenters. The van der Waals surface area contributed by atoms with E-state index in [4.69, 9.17) is 5.73 Å². The van der Waals surface area contributed by atoms with Crippen LogP contribution in [0.25, 0.3) is 0 Å². The lowest BCUT2D eigenvalue weighted by molar-refractivity contribution is 0.174. The minimum absolute atomic E-state index is 0.0699. The van der Waals surface area contributed by atoms with Gasteiger partial charge in [0.25, 0.3) is 0 Å². The van der Waals surface area contributed by atoms with E-state index in [1.165, 1.54) is 0 Å². The van der Waals surface area contributed by atoms with Gasteiger partial charge in [0.1, 0.15) is 6.07 Å². The molecule has 1 aromatic rings. The highest BCUT2D eigenvalue weighted by atomic mass is 79.9. The molecular weight excluding hydrogens is 402 g/mol. The van der Waals surface area contributed by atoms with Crippen molar-refractivity contribution in [3.63, 3.8) is 0 Å². The Morgan fingerprint density at radius 3 is 2.52 bits per heavy atom. The summed E-state index contributed by atoms with van der Waals surface area (Å²) < 4.78 is 0.875. The summed E-state index contributed by atoms with van der Waals surface area (Å²) in [6, 6.07) is 14.5. The summed E-state index contributed by atoms with van der Waals surface area (Å²) in [7, 11) is 0.